The SMILES string of the molecule is CCNC(=O)C1(C#N)CC(C)C1. The van der Waals surface area contributed by atoms with Gasteiger partial charge >= 0.3 is 0 Å². The van der Waals surface area contributed by atoms with Gasteiger partial charge in [-0.2, -0.15) is 5.26 Å². The van der Waals surface area contributed by atoms with Crippen molar-refractivity contribution >= 4 is 5.91 Å². The van der Waals surface area contributed by atoms with Crippen LogP contribution in [0.4, 0.5) is 0 Å². The molecule has 0 aliphatic heterocycles. The Hall–Kier alpha value is -1.04. The largest absolute Gasteiger partial charge is 0.355 e. The summed E-state index contributed by atoms with van der Waals surface area (Å²) in [4.78, 5) is 11.4. The molecule has 1 N–H and O–H groups in total. The molecule has 0 aromatic carbocycles. The van der Waals surface area contributed by atoms with Gasteiger partial charge in [0.1, 0.15) is 5.41 Å². The van der Waals surface area contributed by atoms with E-state index in [0.717, 1.165) is 12.8 Å². The molecule has 0 spiro atoms. The van der Waals surface area contributed by atoms with Crippen molar-refractivity contribution in [2.24, 2.45) is 11.3 Å². The molecule has 0 aromatic rings. The minimum Gasteiger partial charge on any atom is -0.355 e. The van der Waals surface area contributed by atoms with Crippen molar-refractivity contribution < 1.29 is 4.79 Å². The van der Waals surface area contributed by atoms with Gasteiger partial charge in [-0.25, -0.2) is 0 Å². The van der Waals surface area contributed by atoms with Crippen molar-refractivity contribution in [3.05, 3.63) is 0 Å². The van der Waals surface area contributed by atoms with Gasteiger partial charge in [0.05, 0.1) is 6.07 Å². The summed E-state index contributed by atoms with van der Waals surface area (Å²) in [7, 11) is 0. The van der Waals surface area contributed by atoms with Crippen LogP contribution in [0, 0.1) is 22.7 Å². The molecule has 1 amide bonds. The standard InChI is InChI=1S/C9H14N2O/c1-3-11-8(12)9(6-10)4-7(2)5-9/h7H,3-5H2,1-2H3,(H,11,12). The Labute approximate surface area is 72.8 Å². The van der Waals surface area contributed by atoms with Gasteiger partial charge in [0.25, 0.3) is 0 Å². The van der Waals surface area contributed by atoms with Gasteiger partial charge in [-0.05, 0) is 25.7 Å². The van der Waals surface area contributed by atoms with E-state index < -0.39 is 5.41 Å². The van der Waals surface area contributed by atoms with E-state index in [4.69, 9.17) is 5.26 Å². The average molecular weight is 166 g/mol. The first-order valence-corrected chi connectivity index (χ1v) is 4.34. The summed E-state index contributed by atoms with van der Waals surface area (Å²) in [6.07, 6.45) is 1.44. The zero-order valence-corrected chi connectivity index (χ0v) is 7.55. The van der Waals surface area contributed by atoms with Crippen LogP contribution in [0.2, 0.25) is 0 Å². The Morgan fingerprint density at radius 3 is 2.67 bits per heavy atom. The number of hydrogen-bond donors (Lipinski definition) is 1. The van der Waals surface area contributed by atoms with Crippen LogP contribution in [0.25, 0.3) is 0 Å². The molecule has 0 heterocycles. The molecule has 66 valence electrons. The maximum absolute atomic E-state index is 11.4. The molecule has 1 fully saturated rings. The summed E-state index contributed by atoms with van der Waals surface area (Å²) < 4.78 is 0. The maximum atomic E-state index is 11.4. The van der Waals surface area contributed by atoms with Crippen molar-refractivity contribution in [3.8, 4) is 6.07 Å². The number of nitrogens with one attached hydrogen (secondary N) is 1. The van der Waals surface area contributed by atoms with E-state index in [1.54, 1.807) is 0 Å². The van der Waals surface area contributed by atoms with Crippen LogP contribution in [-0.4, -0.2) is 12.5 Å². The third kappa shape index (κ3) is 1.29. The fourth-order valence-corrected chi connectivity index (χ4v) is 1.79. The van der Waals surface area contributed by atoms with Crippen LogP contribution < -0.4 is 5.32 Å². The topological polar surface area (TPSA) is 52.9 Å². The predicted molar refractivity (Wildman–Crippen MR) is 45.1 cm³/mol. The van der Waals surface area contributed by atoms with Gasteiger partial charge < -0.3 is 5.32 Å². The van der Waals surface area contributed by atoms with E-state index in [9.17, 15) is 4.79 Å². The number of carbonyl (C=O) groups excluding carboxylic acids is 1. The Morgan fingerprint density at radius 1 is 1.75 bits per heavy atom. The van der Waals surface area contributed by atoms with Crippen molar-refractivity contribution in [1.82, 2.24) is 5.32 Å². The monoisotopic (exact) mass is 166 g/mol. The van der Waals surface area contributed by atoms with Gasteiger partial charge in [0.15, 0.2) is 0 Å². The van der Waals surface area contributed by atoms with Gasteiger partial charge in [-0.15, -0.1) is 0 Å². The Balaban J connectivity index is 2.59. The first-order chi connectivity index (χ1) is 5.64. The smallest absolute Gasteiger partial charge is 0.240 e. The third-order valence-electron chi connectivity index (χ3n) is 2.38. The molecular weight excluding hydrogens is 152 g/mol. The molecule has 1 aliphatic rings. The van der Waals surface area contributed by atoms with Crippen molar-refractivity contribution in [2.45, 2.75) is 26.7 Å². The van der Waals surface area contributed by atoms with E-state index in [2.05, 4.69) is 18.3 Å². The Kier molecular flexibility index (Phi) is 2.37. The van der Waals surface area contributed by atoms with E-state index in [0.29, 0.717) is 12.5 Å². The molecule has 12 heavy (non-hydrogen) atoms. The number of amides is 1. The number of hydrogen-bond acceptors (Lipinski definition) is 2. The molecule has 1 saturated carbocycles. The highest BCUT2D eigenvalue weighted by Gasteiger charge is 2.48. The van der Waals surface area contributed by atoms with Gasteiger partial charge in [0, 0.05) is 6.54 Å². The predicted octanol–water partition coefficient (Wildman–Crippen LogP) is 1.06. The second-order valence-corrected chi connectivity index (χ2v) is 3.57. The quantitative estimate of drug-likeness (QED) is 0.667. The van der Waals surface area contributed by atoms with Gasteiger partial charge in [-0.3, -0.25) is 4.79 Å². The number of carbonyl (C=O) groups is 1. The summed E-state index contributed by atoms with van der Waals surface area (Å²) in [5.41, 5.74) is -0.699. The highest BCUT2D eigenvalue weighted by molar-refractivity contribution is 5.86. The van der Waals surface area contributed by atoms with Crippen molar-refractivity contribution in [3.63, 3.8) is 0 Å². The minimum absolute atomic E-state index is 0.0920. The van der Waals surface area contributed by atoms with Crippen LogP contribution in [0.15, 0.2) is 0 Å². The molecule has 0 aromatic heterocycles. The molecule has 3 heteroatoms. The fourth-order valence-electron chi connectivity index (χ4n) is 1.79. The number of nitrogens with zero attached hydrogens (tertiary/aromatic N) is 1. The normalized spacial score (nSPS) is 33.2. The summed E-state index contributed by atoms with van der Waals surface area (Å²) >= 11 is 0. The first-order valence-electron chi connectivity index (χ1n) is 4.34. The van der Waals surface area contributed by atoms with E-state index >= 15 is 0 Å². The molecule has 0 saturated heterocycles. The molecule has 3 nitrogen and oxygen atoms in total. The van der Waals surface area contributed by atoms with Gasteiger partial charge in [0.2, 0.25) is 5.91 Å². The van der Waals surface area contributed by atoms with Crippen LogP contribution in [0.3, 0.4) is 0 Å². The summed E-state index contributed by atoms with van der Waals surface area (Å²) in [5, 5.41) is 11.5. The minimum atomic E-state index is -0.699. The lowest BCUT2D eigenvalue weighted by Gasteiger charge is -2.39. The van der Waals surface area contributed by atoms with Crippen molar-refractivity contribution in [1.29, 1.82) is 5.26 Å². The van der Waals surface area contributed by atoms with Crippen LogP contribution in [0.5, 0.6) is 0 Å². The second kappa shape index (κ2) is 3.14. The third-order valence-corrected chi connectivity index (χ3v) is 2.38. The molecule has 0 atom stereocenters. The zero-order valence-electron chi connectivity index (χ0n) is 7.55. The highest BCUT2D eigenvalue weighted by atomic mass is 16.2. The summed E-state index contributed by atoms with van der Waals surface area (Å²) in [6, 6.07) is 2.12. The van der Waals surface area contributed by atoms with Crippen LogP contribution in [0.1, 0.15) is 26.7 Å². The molecule has 1 rings (SSSR count). The lowest BCUT2D eigenvalue weighted by Crippen LogP contribution is -2.48. The second-order valence-electron chi connectivity index (χ2n) is 3.57. The zero-order chi connectivity index (χ0) is 9.19. The number of rotatable bonds is 2. The maximum Gasteiger partial charge on any atom is 0.240 e. The molecule has 0 bridgehead atoms. The molecule has 0 unspecified atom stereocenters. The average Bonchev–Trinajstić information content (AvgIpc) is 1.98. The van der Waals surface area contributed by atoms with E-state index in [1.807, 2.05) is 6.92 Å². The van der Waals surface area contributed by atoms with Crippen molar-refractivity contribution in [2.75, 3.05) is 6.54 Å². The highest BCUT2D eigenvalue weighted by Crippen LogP contribution is 2.44. The Bertz CT molecular complexity index is 223. The lowest BCUT2D eigenvalue weighted by molar-refractivity contribution is -0.133. The molecule has 0 radical (unpaired) electrons. The summed E-state index contributed by atoms with van der Waals surface area (Å²) in [6.45, 7) is 4.54. The first kappa shape index (κ1) is 9.05. The van der Waals surface area contributed by atoms with Gasteiger partial charge in [-0.1, -0.05) is 6.92 Å². The van der Waals surface area contributed by atoms with E-state index in [-0.39, 0.29) is 5.91 Å². The molecular formula is C9H14N2O. The van der Waals surface area contributed by atoms with E-state index in [1.165, 1.54) is 0 Å². The van der Waals surface area contributed by atoms with Crippen LogP contribution >= 0.6 is 0 Å². The summed E-state index contributed by atoms with van der Waals surface area (Å²) in [5.74, 6) is 0.429. The number of nitriles is 1. The molecule has 1 aliphatic carbocycles. The lowest BCUT2D eigenvalue weighted by atomic mass is 9.63. The Morgan fingerprint density at radius 2 is 2.33 bits per heavy atom. The fraction of sp³-hybridized carbons (Fsp3) is 0.778. The van der Waals surface area contributed by atoms with Crippen LogP contribution in [-0.2, 0) is 4.79 Å².